The molecule has 0 radical (unpaired) electrons. The van der Waals surface area contributed by atoms with E-state index in [9.17, 15) is 5.11 Å². The van der Waals surface area contributed by atoms with E-state index in [4.69, 9.17) is 0 Å². The first-order valence-corrected chi connectivity index (χ1v) is 12.7. The SMILES string of the molecule is OC(c1ccccc1I)[C@@H]1CCCN1C(c1ccccc1)(c1ccccc1)c1ccccc1. The van der Waals surface area contributed by atoms with E-state index in [0.717, 1.165) is 28.5 Å². The zero-order chi connectivity index (χ0) is 22.7. The summed E-state index contributed by atoms with van der Waals surface area (Å²) >= 11 is 2.35. The average molecular weight is 545 g/mol. The monoisotopic (exact) mass is 545 g/mol. The van der Waals surface area contributed by atoms with Gasteiger partial charge in [-0.1, -0.05) is 109 Å². The molecule has 1 aliphatic heterocycles. The van der Waals surface area contributed by atoms with E-state index in [2.05, 4.69) is 131 Å². The molecule has 0 spiro atoms. The average Bonchev–Trinajstić information content (AvgIpc) is 3.37. The van der Waals surface area contributed by atoms with Crippen molar-refractivity contribution in [2.75, 3.05) is 6.54 Å². The van der Waals surface area contributed by atoms with Crippen LogP contribution in [-0.4, -0.2) is 22.6 Å². The highest BCUT2D eigenvalue weighted by Gasteiger charge is 2.48. The molecule has 4 aromatic carbocycles. The first-order chi connectivity index (χ1) is 16.2. The van der Waals surface area contributed by atoms with E-state index in [1.165, 1.54) is 16.7 Å². The Morgan fingerprint density at radius 3 is 1.64 bits per heavy atom. The predicted octanol–water partition coefficient (Wildman–Crippen LogP) is 6.78. The highest BCUT2D eigenvalue weighted by atomic mass is 127. The highest BCUT2D eigenvalue weighted by Crippen LogP contribution is 2.48. The van der Waals surface area contributed by atoms with Crippen molar-refractivity contribution in [3.8, 4) is 0 Å². The Bertz CT molecular complexity index is 1080. The maximum atomic E-state index is 11.7. The second kappa shape index (κ2) is 9.80. The van der Waals surface area contributed by atoms with E-state index >= 15 is 0 Å². The minimum Gasteiger partial charge on any atom is -0.387 e. The fraction of sp³-hybridized carbons (Fsp3) is 0.200. The highest BCUT2D eigenvalue weighted by molar-refractivity contribution is 14.1. The van der Waals surface area contributed by atoms with Gasteiger partial charge in [-0.2, -0.15) is 0 Å². The summed E-state index contributed by atoms with van der Waals surface area (Å²) < 4.78 is 1.11. The van der Waals surface area contributed by atoms with Crippen LogP contribution in [0.15, 0.2) is 115 Å². The van der Waals surface area contributed by atoms with Crippen LogP contribution < -0.4 is 0 Å². The van der Waals surface area contributed by atoms with Gasteiger partial charge in [-0.25, -0.2) is 0 Å². The van der Waals surface area contributed by atoms with Crippen molar-refractivity contribution in [3.63, 3.8) is 0 Å². The zero-order valence-corrected chi connectivity index (χ0v) is 20.7. The zero-order valence-electron chi connectivity index (χ0n) is 18.5. The summed E-state index contributed by atoms with van der Waals surface area (Å²) in [7, 11) is 0. The van der Waals surface area contributed by atoms with Crippen molar-refractivity contribution < 1.29 is 5.11 Å². The second-order valence-corrected chi connectivity index (χ2v) is 9.84. The maximum absolute atomic E-state index is 11.7. The Balaban J connectivity index is 1.74. The second-order valence-electron chi connectivity index (χ2n) is 8.68. The number of likely N-dealkylation sites (tertiary alicyclic amines) is 1. The largest absolute Gasteiger partial charge is 0.387 e. The van der Waals surface area contributed by atoms with Crippen LogP contribution in [0.2, 0.25) is 0 Å². The van der Waals surface area contributed by atoms with Crippen LogP contribution in [0.5, 0.6) is 0 Å². The summed E-state index contributed by atoms with van der Waals surface area (Å²) in [5, 5.41) is 11.7. The predicted molar refractivity (Wildman–Crippen MR) is 143 cm³/mol. The fourth-order valence-corrected chi connectivity index (χ4v) is 6.20. The van der Waals surface area contributed by atoms with Gasteiger partial charge in [0.1, 0.15) is 0 Å². The third kappa shape index (κ3) is 4.03. The van der Waals surface area contributed by atoms with E-state index in [-0.39, 0.29) is 6.04 Å². The Kier molecular flexibility index (Phi) is 6.63. The molecule has 0 aromatic heterocycles. The molecule has 4 aromatic rings. The van der Waals surface area contributed by atoms with Gasteiger partial charge in [0.05, 0.1) is 11.6 Å². The summed E-state index contributed by atoms with van der Waals surface area (Å²) in [4.78, 5) is 2.56. The lowest BCUT2D eigenvalue weighted by atomic mass is 9.74. The number of benzene rings is 4. The van der Waals surface area contributed by atoms with E-state index in [1.807, 2.05) is 12.1 Å². The molecule has 0 aliphatic carbocycles. The number of nitrogens with zero attached hydrogens (tertiary/aromatic N) is 1. The van der Waals surface area contributed by atoms with E-state index < -0.39 is 11.6 Å². The molecule has 1 saturated heterocycles. The summed E-state index contributed by atoms with van der Waals surface area (Å²) in [5.41, 5.74) is 4.20. The molecule has 2 nitrogen and oxygen atoms in total. The summed E-state index contributed by atoms with van der Waals surface area (Å²) in [6.45, 7) is 0.920. The Labute approximate surface area is 210 Å². The van der Waals surface area contributed by atoms with Crippen LogP contribution in [0.4, 0.5) is 0 Å². The van der Waals surface area contributed by atoms with Crippen LogP contribution in [0, 0.1) is 3.57 Å². The third-order valence-electron chi connectivity index (χ3n) is 6.89. The Morgan fingerprint density at radius 2 is 1.15 bits per heavy atom. The number of rotatable bonds is 6. The molecule has 1 fully saturated rings. The molecule has 3 heteroatoms. The smallest absolute Gasteiger partial charge is 0.0976 e. The standard InChI is InChI=1S/C30H28INO/c31-27-20-11-10-19-26(27)29(33)28-21-12-22-32(28)30(23-13-4-1-5-14-23,24-15-6-2-7-16-24)25-17-8-3-9-18-25/h1-11,13-20,28-29,33H,12,21-22H2/t28-,29?/m0/s1. The summed E-state index contributed by atoms with van der Waals surface area (Å²) in [6.07, 6.45) is 1.45. The quantitative estimate of drug-likeness (QED) is 0.213. The van der Waals surface area contributed by atoms with Gasteiger partial charge >= 0.3 is 0 Å². The number of hydrogen-bond donors (Lipinski definition) is 1. The molecule has 0 saturated carbocycles. The van der Waals surface area contributed by atoms with Crippen molar-refractivity contribution >= 4 is 22.6 Å². The van der Waals surface area contributed by atoms with E-state index in [1.54, 1.807) is 0 Å². The number of hydrogen-bond acceptors (Lipinski definition) is 2. The van der Waals surface area contributed by atoms with Crippen LogP contribution in [0.25, 0.3) is 0 Å². The van der Waals surface area contributed by atoms with Gasteiger partial charge in [0.25, 0.3) is 0 Å². The third-order valence-corrected chi connectivity index (χ3v) is 7.88. The number of halogens is 1. The molecule has 2 atom stereocenters. The first-order valence-electron chi connectivity index (χ1n) is 11.6. The first kappa shape index (κ1) is 22.3. The molecule has 33 heavy (non-hydrogen) atoms. The molecule has 1 unspecified atom stereocenters. The fourth-order valence-electron chi connectivity index (χ4n) is 5.49. The Morgan fingerprint density at radius 1 is 0.697 bits per heavy atom. The Hall–Kier alpha value is -2.47. The molecular formula is C30H28INO. The van der Waals surface area contributed by atoms with Gasteiger partial charge < -0.3 is 5.11 Å². The van der Waals surface area contributed by atoms with Gasteiger partial charge in [0.2, 0.25) is 0 Å². The molecule has 1 aliphatic rings. The molecular weight excluding hydrogens is 517 g/mol. The summed E-state index contributed by atoms with van der Waals surface area (Å²) in [5.74, 6) is 0. The van der Waals surface area contributed by atoms with Crippen molar-refractivity contribution in [1.29, 1.82) is 0 Å². The topological polar surface area (TPSA) is 23.5 Å². The molecule has 1 heterocycles. The normalized spacial score (nSPS) is 17.7. The lowest BCUT2D eigenvalue weighted by molar-refractivity contribution is 0.0321. The van der Waals surface area contributed by atoms with Gasteiger partial charge in [-0.3, -0.25) is 4.90 Å². The van der Waals surface area contributed by atoms with Crippen LogP contribution in [-0.2, 0) is 5.54 Å². The molecule has 0 amide bonds. The number of aliphatic hydroxyl groups is 1. The summed E-state index contributed by atoms with van der Waals surface area (Å²) in [6, 6.07) is 40.6. The lowest BCUT2D eigenvalue weighted by Gasteiger charge is -2.47. The molecule has 0 bridgehead atoms. The van der Waals surface area contributed by atoms with Gasteiger partial charge in [0.15, 0.2) is 0 Å². The van der Waals surface area contributed by atoms with E-state index in [0.29, 0.717) is 0 Å². The van der Waals surface area contributed by atoms with Crippen molar-refractivity contribution in [1.82, 2.24) is 4.90 Å². The molecule has 1 N–H and O–H groups in total. The van der Waals surface area contributed by atoms with Crippen molar-refractivity contribution in [3.05, 3.63) is 141 Å². The van der Waals surface area contributed by atoms with Gasteiger partial charge in [-0.15, -0.1) is 0 Å². The minimum absolute atomic E-state index is 0.00142. The van der Waals surface area contributed by atoms with Crippen LogP contribution in [0.3, 0.4) is 0 Å². The molecule has 166 valence electrons. The van der Waals surface area contributed by atoms with Crippen LogP contribution in [0.1, 0.15) is 41.2 Å². The van der Waals surface area contributed by atoms with Crippen molar-refractivity contribution in [2.24, 2.45) is 0 Å². The lowest BCUT2D eigenvalue weighted by Crippen LogP contribution is -2.52. The molecule has 5 rings (SSSR count). The number of aliphatic hydroxyl groups excluding tert-OH is 1. The maximum Gasteiger partial charge on any atom is 0.0976 e. The van der Waals surface area contributed by atoms with Gasteiger partial charge in [-0.05, 0) is 63.8 Å². The van der Waals surface area contributed by atoms with Crippen LogP contribution >= 0.6 is 22.6 Å². The van der Waals surface area contributed by atoms with Gasteiger partial charge in [0, 0.05) is 16.2 Å². The van der Waals surface area contributed by atoms with Crippen molar-refractivity contribution in [2.45, 2.75) is 30.5 Å². The minimum atomic E-state index is -0.559.